The molecule has 0 bridgehead atoms. The van der Waals surface area contributed by atoms with Crippen molar-refractivity contribution in [2.45, 2.75) is 6.42 Å². The van der Waals surface area contributed by atoms with Crippen LogP contribution >= 0.6 is 0 Å². The van der Waals surface area contributed by atoms with Crippen LogP contribution in [0.5, 0.6) is 5.75 Å². The van der Waals surface area contributed by atoms with Gasteiger partial charge in [-0.15, -0.1) is 0 Å². The maximum atomic E-state index is 12.1. The zero-order valence-electron chi connectivity index (χ0n) is 13.3. The summed E-state index contributed by atoms with van der Waals surface area (Å²) in [7, 11) is 1.60. The number of ether oxygens (including phenoxy) is 1. The number of para-hydroxylation sites is 1. The van der Waals surface area contributed by atoms with E-state index in [0.29, 0.717) is 5.36 Å². The number of benzene rings is 2. The summed E-state index contributed by atoms with van der Waals surface area (Å²) in [6.07, 6.45) is 3.59. The SMILES string of the molecule is COc1cccc(CC(=O)N=c2ccn(-c3ccccc3)nc2)c1. The number of methoxy groups -OCH3 is 1. The molecule has 0 spiro atoms. The minimum atomic E-state index is -0.220. The number of rotatable bonds is 4. The van der Waals surface area contributed by atoms with Crippen LogP contribution in [0.1, 0.15) is 5.56 Å². The number of aromatic nitrogens is 2. The monoisotopic (exact) mass is 319 g/mol. The number of carbonyl (C=O) groups excluding carboxylic acids is 1. The van der Waals surface area contributed by atoms with Gasteiger partial charge in [0, 0.05) is 6.20 Å². The minimum absolute atomic E-state index is 0.220. The first-order valence-electron chi connectivity index (χ1n) is 7.55. The van der Waals surface area contributed by atoms with E-state index in [-0.39, 0.29) is 12.3 Å². The summed E-state index contributed by atoms with van der Waals surface area (Å²) in [5.74, 6) is 0.507. The van der Waals surface area contributed by atoms with Crippen molar-refractivity contribution >= 4 is 5.91 Å². The van der Waals surface area contributed by atoms with Gasteiger partial charge < -0.3 is 4.74 Å². The van der Waals surface area contributed by atoms with Crippen molar-refractivity contribution in [3.05, 3.63) is 84.0 Å². The summed E-state index contributed by atoms with van der Waals surface area (Å²) in [5.41, 5.74) is 1.82. The first-order chi connectivity index (χ1) is 11.7. The van der Waals surface area contributed by atoms with Gasteiger partial charge in [0.25, 0.3) is 5.91 Å². The molecule has 0 fully saturated rings. The lowest BCUT2D eigenvalue weighted by atomic mass is 10.1. The number of hydrogen-bond donors (Lipinski definition) is 0. The Labute approximate surface area is 139 Å². The smallest absolute Gasteiger partial charge is 0.250 e. The third kappa shape index (κ3) is 3.95. The van der Waals surface area contributed by atoms with Crippen LogP contribution in [0.3, 0.4) is 0 Å². The predicted octanol–water partition coefficient (Wildman–Crippen LogP) is 2.55. The zero-order chi connectivity index (χ0) is 16.8. The molecule has 5 heteroatoms. The van der Waals surface area contributed by atoms with E-state index >= 15 is 0 Å². The lowest BCUT2D eigenvalue weighted by molar-refractivity contribution is -0.117. The van der Waals surface area contributed by atoms with Gasteiger partial charge in [-0.2, -0.15) is 5.10 Å². The molecule has 0 saturated carbocycles. The highest BCUT2D eigenvalue weighted by Gasteiger charge is 2.03. The van der Waals surface area contributed by atoms with Crippen molar-refractivity contribution in [1.82, 2.24) is 9.78 Å². The molecule has 1 heterocycles. The fourth-order valence-corrected chi connectivity index (χ4v) is 2.29. The van der Waals surface area contributed by atoms with Crippen molar-refractivity contribution < 1.29 is 9.53 Å². The Morgan fingerprint density at radius 3 is 2.67 bits per heavy atom. The number of carbonyl (C=O) groups is 1. The van der Waals surface area contributed by atoms with Crippen molar-refractivity contribution in [2.75, 3.05) is 7.11 Å². The number of amides is 1. The van der Waals surface area contributed by atoms with E-state index < -0.39 is 0 Å². The summed E-state index contributed by atoms with van der Waals surface area (Å²) in [5, 5.41) is 4.82. The van der Waals surface area contributed by atoms with E-state index in [4.69, 9.17) is 4.74 Å². The highest BCUT2D eigenvalue weighted by molar-refractivity contribution is 5.79. The van der Waals surface area contributed by atoms with Crippen molar-refractivity contribution in [1.29, 1.82) is 0 Å². The number of nitrogens with zero attached hydrogens (tertiary/aromatic N) is 3. The second-order valence-corrected chi connectivity index (χ2v) is 5.20. The van der Waals surface area contributed by atoms with Gasteiger partial charge in [0.05, 0.1) is 30.8 Å². The van der Waals surface area contributed by atoms with Crippen LogP contribution in [0, 0.1) is 0 Å². The van der Waals surface area contributed by atoms with E-state index in [0.717, 1.165) is 17.0 Å². The molecule has 3 aromatic rings. The molecule has 0 atom stereocenters. The van der Waals surface area contributed by atoms with Crippen LogP contribution in [-0.2, 0) is 11.2 Å². The summed E-state index contributed by atoms with van der Waals surface area (Å²) >= 11 is 0. The summed E-state index contributed by atoms with van der Waals surface area (Å²) in [4.78, 5) is 16.2. The first kappa shape index (κ1) is 15.7. The lowest BCUT2D eigenvalue weighted by Crippen LogP contribution is -2.12. The molecule has 3 rings (SSSR count). The van der Waals surface area contributed by atoms with E-state index in [2.05, 4.69) is 10.1 Å². The maximum absolute atomic E-state index is 12.1. The topological polar surface area (TPSA) is 56.5 Å². The third-order valence-electron chi connectivity index (χ3n) is 3.46. The summed E-state index contributed by atoms with van der Waals surface area (Å²) in [6, 6.07) is 18.9. The van der Waals surface area contributed by atoms with Gasteiger partial charge in [-0.25, -0.2) is 9.67 Å². The normalized spacial score (nSPS) is 11.3. The fraction of sp³-hybridized carbons (Fsp3) is 0.105. The Bertz CT molecular complexity index is 881. The van der Waals surface area contributed by atoms with E-state index in [1.807, 2.05) is 54.6 Å². The van der Waals surface area contributed by atoms with Gasteiger partial charge in [-0.1, -0.05) is 30.3 Å². The highest BCUT2D eigenvalue weighted by Crippen LogP contribution is 2.13. The summed E-state index contributed by atoms with van der Waals surface area (Å²) < 4.78 is 6.88. The highest BCUT2D eigenvalue weighted by atomic mass is 16.5. The summed E-state index contributed by atoms with van der Waals surface area (Å²) in [6.45, 7) is 0. The predicted molar refractivity (Wildman–Crippen MR) is 90.8 cm³/mol. The molecule has 0 unspecified atom stereocenters. The molecule has 120 valence electrons. The van der Waals surface area contributed by atoms with Gasteiger partial charge in [0.15, 0.2) is 0 Å². The third-order valence-corrected chi connectivity index (χ3v) is 3.46. The van der Waals surface area contributed by atoms with Crippen LogP contribution in [0.25, 0.3) is 5.69 Å². The van der Waals surface area contributed by atoms with Crippen LogP contribution < -0.4 is 10.1 Å². The second-order valence-electron chi connectivity index (χ2n) is 5.20. The average Bonchev–Trinajstić information content (AvgIpc) is 2.63. The minimum Gasteiger partial charge on any atom is -0.497 e. The van der Waals surface area contributed by atoms with Gasteiger partial charge in [0.1, 0.15) is 5.75 Å². The molecule has 2 aromatic carbocycles. The Hall–Kier alpha value is -3.21. The van der Waals surface area contributed by atoms with Gasteiger partial charge in [-0.3, -0.25) is 4.79 Å². The molecule has 0 saturated heterocycles. The van der Waals surface area contributed by atoms with Crippen LogP contribution in [-0.4, -0.2) is 22.8 Å². The van der Waals surface area contributed by atoms with E-state index in [1.54, 1.807) is 30.3 Å². The van der Waals surface area contributed by atoms with E-state index in [9.17, 15) is 4.79 Å². The first-order valence-corrected chi connectivity index (χ1v) is 7.55. The molecular weight excluding hydrogens is 302 g/mol. The molecule has 24 heavy (non-hydrogen) atoms. The lowest BCUT2D eigenvalue weighted by Gasteiger charge is -2.03. The molecule has 0 radical (unpaired) electrons. The van der Waals surface area contributed by atoms with Crippen molar-refractivity contribution in [3.8, 4) is 11.4 Å². The van der Waals surface area contributed by atoms with Gasteiger partial charge in [0.2, 0.25) is 0 Å². The maximum Gasteiger partial charge on any atom is 0.250 e. The van der Waals surface area contributed by atoms with Gasteiger partial charge >= 0.3 is 0 Å². The molecular formula is C19H17N3O2. The average molecular weight is 319 g/mol. The Kier molecular flexibility index (Phi) is 4.81. The standard InChI is InChI=1S/C19H17N3O2/c1-24-18-9-5-6-15(12-18)13-19(23)21-16-10-11-22(20-14-16)17-7-3-2-4-8-17/h2-12,14H,13H2,1H3. The van der Waals surface area contributed by atoms with Crippen LogP contribution in [0.4, 0.5) is 0 Å². The molecule has 1 aromatic heterocycles. The van der Waals surface area contributed by atoms with E-state index in [1.165, 1.54) is 0 Å². The fourth-order valence-electron chi connectivity index (χ4n) is 2.29. The Morgan fingerprint density at radius 1 is 1.12 bits per heavy atom. The largest absolute Gasteiger partial charge is 0.497 e. The molecule has 5 nitrogen and oxygen atoms in total. The molecule has 1 amide bonds. The van der Waals surface area contributed by atoms with Crippen LogP contribution in [0.2, 0.25) is 0 Å². The second kappa shape index (κ2) is 7.37. The van der Waals surface area contributed by atoms with Crippen molar-refractivity contribution in [2.24, 2.45) is 4.99 Å². The molecule has 0 aliphatic carbocycles. The van der Waals surface area contributed by atoms with Crippen molar-refractivity contribution in [3.63, 3.8) is 0 Å². The molecule has 0 N–H and O–H groups in total. The van der Waals surface area contributed by atoms with Crippen LogP contribution in [0.15, 0.2) is 78.0 Å². The quantitative estimate of drug-likeness (QED) is 0.742. The Balaban J connectivity index is 1.74. The zero-order valence-corrected chi connectivity index (χ0v) is 13.3. The molecule has 0 aliphatic rings. The molecule has 0 aliphatic heterocycles. The Morgan fingerprint density at radius 2 is 1.96 bits per heavy atom. The number of hydrogen-bond acceptors (Lipinski definition) is 3. The van der Waals surface area contributed by atoms with Gasteiger partial charge in [-0.05, 0) is 35.9 Å².